The summed E-state index contributed by atoms with van der Waals surface area (Å²) < 4.78 is 28.3. The number of nitrogens with zero attached hydrogens (tertiary/aromatic N) is 3. The van der Waals surface area contributed by atoms with Crippen LogP contribution in [0.5, 0.6) is 0 Å². The lowest BCUT2D eigenvalue weighted by Crippen LogP contribution is -2.48. The number of alkyl halides is 2. The fourth-order valence-corrected chi connectivity index (χ4v) is 3.19. The molecule has 2 heterocycles. The van der Waals surface area contributed by atoms with Crippen molar-refractivity contribution in [1.29, 1.82) is 5.26 Å². The number of halogens is 2. The number of rotatable bonds is 4. The van der Waals surface area contributed by atoms with Gasteiger partial charge in [0.2, 0.25) is 5.91 Å². The molecule has 0 bridgehead atoms. The van der Waals surface area contributed by atoms with E-state index in [1.807, 2.05) is 6.07 Å². The van der Waals surface area contributed by atoms with Crippen molar-refractivity contribution in [2.24, 2.45) is 0 Å². The highest BCUT2D eigenvalue weighted by Gasteiger charge is 2.58. The predicted octanol–water partition coefficient (Wildman–Crippen LogP) is 2.10. The first kappa shape index (κ1) is 18.5. The molecule has 27 heavy (non-hydrogen) atoms. The van der Waals surface area contributed by atoms with E-state index < -0.39 is 42.8 Å². The van der Waals surface area contributed by atoms with E-state index in [9.17, 15) is 23.6 Å². The molecule has 1 atom stereocenters. The first-order chi connectivity index (χ1) is 12.9. The van der Waals surface area contributed by atoms with Crippen LogP contribution in [0, 0.1) is 11.3 Å². The summed E-state index contributed by atoms with van der Waals surface area (Å²) >= 11 is 0. The summed E-state index contributed by atoms with van der Waals surface area (Å²) in [6.45, 7) is -1.37. The predicted molar refractivity (Wildman–Crippen MR) is 91.6 cm³/mol. The molecule has 0 saturated carbocycles. The van der Waals surface area contributed by atoms with Crippen LogP contribution < -0.4 is 5.32 Å². The third-order valence-electron chi connectivity index (χ3n) is 4.44. The fraction of sp³-hybridized carbons (Fsp3) is 0.263. The minimum Gasteiger partial charge on any atom is -0.343 e. The van der Waals surface area contributed by atoms with Gasteiger partial charge in [0, 0.05) is 18.0 Å². The van der Waals surface area contributed by atoms with Crippen molar-refractivity contribution < 1.29 is 18.4 Å². The molecule has 1 saturated heterocycles. The summed E-state index contributed by atoms with van der Waals surface area (Å²) in [5.41, 5.74) is -1.17. The van der Waals surface area contributed by atoms with Gasteiger partial charge >= 0.3 is 0 Å². The van der Waals surface area contributed by atoms with Crippen LogP contribution in [-0.4, -0.2) is 40.7 Å². The molecule has 1 aromatic carbocycles. The number of hydrogen-bond acceptors (Lipinski definition) is 4. The van der Waals surface area contributed by atoms with Gasteiger partial charge in [0.15, 0.2) is 5.54 Å². The molecule has 3 rings (SSSR count). The smallest absolute Gasteiger partial charge is 0.269 e. The molecule has 1 unspecified atom stereocenters. The van der Waals surface area contributed by atoms with Crippen molar-refractivity contribution in [3.63, 3.8) is 0 Å². The Morgan fingerprint density at radius 3 is 2.48 bits per heavy atom. The van der Waals surface area contributed by atoms with Crippen LogP contribution in [0.2, 0.25) is 0 Å². The number of carbonyl (C=O) groups is 2. The zero-order valence-corrected chi connectivity index (χ0v) is 14.2. The molecular formula is C19H16F2N4O2. The highest BCUT2D eigenvalue weighted by Crippen LogP contribution is 2.45. The number of likely N-dealkylation sites (tertiary alicyclic amines) is 1. The number of nitrogens with one attached hydrogen (secondary N) is 1. The Bertz CT molecular complexity index is 884. The van der Waals surface area contributed by atoms with E-state index in [-0.39, 0.29) is 0 Å². The van der Waals surface area contributed by atoms with Gasteiger partial charge in [0.1, 0.15) is 0 Å². The third-order valence-corrected chi connectivity index (χ3v) is 4.44. The van der Waals surface area contributed by atoms with Crippen molar-refractivity contribution in [2.75, 3.05) is 13.1 Å². The second kappa shape index (κ2) is 7.11. The Hall–Kier alpha value is -3.34. The fourth-order valence-electron chi connectivity index (χ4n) is 3.19. The maximum atomic E-state index is 14.1. The van der Waals surface area contributed by atoms with E-state index in [4.69, 9.17) is 0 Å². The van der Waals surface area contributed by atoms with Crippen molar-refractivity contribution in [3.8, 4) is 6.07 Å². The number of amides is 2. The maximum Gasteiger partial charge on any atom is 0.269 e. The van der Waals surface area contributed by atoms with Gasteiger partial charge in [-0.2, -0.15) is 5.26 Å². The highest BCUT2D eigenvalue weighted by atomic mass is 19.3. The van der Waals surface area contributed by atoms with Gasteiger partial charge in [-0.1, -0.05) is 30.3 Å². The number of aromatic nitrogens is 1. The van der Waals surface area contributed by atoms with Gasteiger partial charge in [-0.05, 0) is 17.7 Å². The Balaban J connectivity index is 1.81. The van der Waals surface area contributed by atoms with E-state index in [2.05, 4.69) is 10.3 Å². The van der Waals surface area contributed by atoms with Crippen molar-refractivity contribution >= 4 is 11.8 Å². The van der Waals surface area contributed by atoms with E-state index in [0.717, 1.165) is 4.90 Å². The number of hydrogen-bond donors (Lipinski definition) is 1. The highest BCUT2D eigenvalue weighted by molar-refractivity contribution is 5.96. The molecule has 1 fully saturated rings. The van der Waals surface area contributed by atoms with E-state index in [0.29, 0.717) is 11.1 Å². The second-order valence-corrected chi connectivity index (χ2v) is 6.27. The van der Waals surface area contributed by atoms with Crippen LogP contribution in [0.4, 0.5) is 8.78 Å². The standard InChI is InChI=1S/C19H16F2N4O2/c20-19(21)11-18(12-22,15-4-2-1-3-5-15)25(13-19)16(26)10-24-17(27)14-6-8-23-9-7-14/h1-9H,10-11,13H2,(H,24,27). The summed E-state index contributed by atoms with van der Waals surface area (Å²) in [7, 11) is 0. The lowest BCUT2D eigenvalue weighted by molar-refractivity contribution is -0.133. The zero-order valence-electron chi connectivity index (χ0n) is 14.2. The van der Waals surface area contributed by atoms with Crippen LogP contribution >= 0.6 is 0 Å². The third kappa shape index (κ3) is 3.62. The monoisotopic (exact) mass is 370 g/mol. The number of benzene rings is 1. The molecule has 6 nitrogen and oxygen atoms in total. The zero-order chi connectivity index (χ0) is 19.5. The molecule has 0 radical (unpaired) electrons. The first-order valence-electron chi connectivity index (χ1n) is 8.21. The van der Waals surface area contributed by atoms with Crippen LogP contribution in [0.1, 0.15) is 22.3 Å². The summed E-state index contributed by atoms with van der Waals surface area (Å²) in [4.78, 5) is 29.3. The Kier molecular flexibility index (Phi) is 4.86. The van der Waals surface area contributed by atoms with Crippen LogP contribution in [-0.2, 0) is 10.3 Å². The van der Waals surface area contributed by atoms with Gasteiger partial charge in [-0.15, -0.1) is 0 Å². The normalized spacial score (nSPS) is 20.7. The largest absolute Gasteiger partial charge is 0.343 e. The quantitative estimate of drug-likeness (QED) is 0.893. The molecule has 0 spiro atoms. The minimum atomic E-state index is -3.20. The molecule has 2 amide bonds. The number of nitriles is 1. The molecule has 138 valence electrons. The Labute approximate surface area is 154 Å². The molecule has 1 aliphatic heterocycles. The van der Waals surface area contributed by atoms with Crippen LogP contribution in [0.25, 0.3) is 0 Å². The van der Waals surface area contributed by atoms with Crippen LogP contribution in [0.3, 0.4) is 0 Å². The van der Waals surface area contributed by atoms with Gasteiger partial charge < -0.3 is 10.2 Å². The molecule has 0 aliphatic carbocycles. The maximum absolute atomic E-state index is 14.1. The van der Waals surface area contributed by atoms with Crippen molar-refractivity contribution in [2.45, 2.75) is 17.9 Å². The van der Waals surface area contributed by atoms with Gasteiger partial charge in [-0.3, -0.25) is 14.6 Å². The Morgan fingerprint density at radius 2 is 1.85 bits per heavy atom. The van der Waals surface area contributed by atoms with Crippen molar-refractivity contribution in [1.82, 2.24) is 15.2 Å². The average Bonchev–Trinajstić information content (AvgIpc) is 2.99. The second-order valence-electron chi connectivity index (χ2n) is 6.27. The summed E-state index contributed by atoms with van der Waals surface area (Å²) in [6, 6.07) is 12.9. The lowest BCUT2D eigenvalue weighted by atomic mass is 9.88. The lowest BCUT2D eigenvalue weighted by Gasteiger charge is -2.32. The minimum absolute atomic E-state index is 0.291. The molecule has 1 aliphatic rings. The molecule has 1 N–H and O–H groups in total. The number of pyridine rings is 1. The van der Waals surface area contributed by atoms with E-state index in [1.165, 1.54) is 24.5 Å². The molecule has 1 aromatic heterocycles. The summed E-state index contributed by atoms with van der Waals surface area (Å²) in [5.74, 6) is -4.48. The van der Waals surface area contributed by atoms with Crippen molar-refractivity contribution in [3.05, 3.63) is 66.0 Å². The number of carbonyl (C=O) groups excluding carboxylic acids is 2. The van der Waals surface area contributed by atoms with E-state index >= 15 is 0 Å². The summed E-state index contributed by atoms with van der Waals surface area (Å²) in [6.07, 6.45) is 2.06. The van der Waals surface area contributed by atoms with Crippen LogP contribution in [0.15, 0.2) is 54.9 Å². The topological polar surface area (TPSA) is 86.1 Å². The summed E-state index contributed by atoms with van der Waals surface area (Å²) in [5, 5.41) is 12.1. The average molecular weight is 370 g/mol. The Morgan fingerprint density at radius 1 is 1.19 bits per heavy atom. The molecule has 8 heteroatoms. The first-order valence-corrected chi connectivity index (χ1v) is 8.21. The van der Waals surface area contributed by atoms with Gasteiger partial charge in [-0.25, -0.2) is 8.78 Å². The van der Waals surface area contributed by atoms with Gasteiger partial charge in [0.25, 0.3) is 11.8 Å². The van der Waals surface area contributed by atoms with E-state index in [1.54, 1.807) is 30.3 Å². The molecular weight excluding hydrogens is 354 g/mol. The molecule has 2 aromatic rings. The van der Waals surface area contributed by atoms with Gasteiger partial charge in [0.05, 0.1) is 25.6 Å². The SMILES string of the molecule is N#CC1(c2ccccc2)CC(F)(F)CN1C(=O)CNC(=O)c1ccncc1.